The molecule has 3 atom stereocenters. The lowest BCUT2D eigenvalue weighted by molar-refractivity contribution is -0.141. The van der Waals surface area contributed by atoms with E-state index in [0.29, 0.717) is 10.0 Å². The molecule has 0 saturated carbocycles. The van der Waals surface area contributed by atoms with Gasteiger partial charge >= 0.3 is 12.0 Å². The number of nitrogens with one attached hydrogen (secondary N) is 2. The van der Waals surface area contributed by atoms with Gasteiger partial charge in [-0.25, -0.2) is 9.59 Å². The van der Waals surface area contributed by atoms with Gasteiger partial charge in [-0.1, -0.05) is 11.3 Å². The molecule has 0 spiro atoms. The van der Waals surface area contributed by atoms with Crippen molar-refractivity contribution in [1.82, 2.24) is 20.8 Å². The summed E-state index contributed by atoms with van der Waals surface area (Å²) >= 11 is 1.12. The van der Waals surface area contributed by atoms with Gasteiger partial charge in [0.05, 0.1) is 25.3 Å². The maximum absolute atomic E-state index is 11.5. The van der Waals surface area contributed by atoms with Crippen LogP contribution in [0.4, 0.5) is 4.79 Å². The van der Waals surface area contributed by atoms with E-state index in [-0.39, 0.29) is 13.2 Å². The molecule has 1 aromatic heterocycles. The van der Waals surface area contributed by atoms with Crippen LogP contribution in [0, 0.1) is 0 Å². The lowest BCUT2D eigenvalue weighted by atomic mass is 10.2. The molecule has 0 aliphatic rings. The number of carbonyl (C=O) groups is 2. The van der Waals surface area contributed by atoms with Crippen LogP contribution < -0.4 is 16.4 Å². The summed E-state index contributed by atoms with van der Waals surface area (Å²) in [7, 11) is 0. The van der Waals surface area contributed by atoms with Crippen LogP contribution in [0.2, 0.25) is 0 Å². The zero-order valence-corrected chi connectivity index (χ0v) is 12.0. The van der Waals surface area contributed by atoms with Gasteiger partial charge in [0.1, 0.15) is 10.0 Å². The fraction of sp³-hybridized carbons (Fsp3) is 0.600. The first-order valence-corrected chi connectivity index (χ1v) is 6.80. The summed E-state index contributed by atoms with van der Waals surface area (Å²) in [6.45, 7) is 1.01. The molecular weight excluding hydrogens is 302 g/mol. The van der Waals surface area contributed by atoms with Crippen molar-refractivity contribution >= 4 is 23.3 Å². The summed E-state index contributed by atoms with van der Waals surface area (Å²) < 4.78 is 0. The topological polar surface area (TPSA) is 171 Å². The van der Waals surface area contributed by atoms with E-state index in [9.17, 15) is 14.7 Å². The predicted octanol–water partition coefficient (Wildman–Crippen LogP) is -1.84. The number of aliphatic hydroxyl groups is 2. The molecule has 10 nitrogen and oxygen atoms in total. The minimum atomic E-state index is -1.40. The van der Waals surface area contributed by atoms with Gasteiger partial charge < -0.3 is 31.7 Å². The molecule has 0 aliphatic carbocycles. The first-order chi connectivity index (χ1) is 9.85. The molecule has 11 heteroatoms. The number of carboxylic acids is 1. The monoisotopic (exact) mass is 319 g/mol. The Hall–Kier alpha value is -1.82. The second-order valence-corrected chi connectivity index (χ2v) is 5.30. The van der Waals surface area contributed by atoms with Crippen molar-refractivity contribution < 1.29 is 24.9 Å². The first kappa shape index (κ1) is 17.2. The Morgan fingerprint density at radius 3 is 2.62 bits per heavy atom. The van der Waals surface area contributed by atoms with E-state index in [1.165, 1.54) is 6.92 Å². The molecule has 0 aromatic carbocycles. The molecule has 1 aromatic rings. The van der Waals surface area contributed by atoms with Gasteiger partial charge in [0.2, 0.25) is 0 Å². The SMILES string of the molecule is CC(O)C(NC(=O)NCc1nnc([C@@H](N)CO)s1)C(=O)O. The number of hydrogen-bond acceptors (Lipinski definition) is 8. The van der Waals surface area contributed by atoms with Gasteiger partial charge in [0.15, 0.2) is 6.04 Å². The van der Waals surface area contributed by atoms with Crippen LogP contribution >= 0.6 is 11.3 Å². The number of rotatable bonds is 7. The molecule has 1 heterocycles. The van der Waals surface area contributed by atoms with E-state index in [1.54, 1.807) is 0 Å². The zero-order chi connectivity index (χ0) is 16.0. The third kappa shape index (κ3) is 5.23. The van der Waals surface area contributed by atoms with Crippen molar-refractivity contribution in [1.29, 1.82) is 0 Å². The number of aliphatic carboxylic acids is 1. The highest BCUT2D eigenvalue weighted by atomic mass is 32.1. The fourth-order valence-corrected chi connectivity index (χ4v) is 2.08. The smallest absolute Gasteiger partial charge is 0.328 e. The Kier molecular flexibility index (Phi) is 6.42. The summed E-state index contributed by atoms with van der Waals surface area (Å²) in [4.78, 5) is 22.3. The number of urea groups is 1. The van der Waals surface area contributed by atoms with Crippen LogP contribution in [0.25, 0.3) is 0 Å². The lowest BCUT2D eigenvalue weighted by Crippen LogP contribution is -2.50. The Morgan fingerprint density at radius 1 is 1.43 bits per heavy atom. The van der Waals surface area contributed by atoms with Crippen molar-refractivity contribution in [3.63, 3.8) is 0 Å². The van der Waals surface area contributed by atoms with E-state index in [0.717, 1.165) is 11.3 Å². The van der Waals surface area contributed by atoms with E-state index in [4.69, 9.17) is 15.9 Å². The molecule has 0 saturated heterocycles. The van der Waals surface area contributed by atoms with Gasteiger partial charge in [-0.05, 0) is 6.92 Å². The second-order valence-electron chi connectivity index (χ2n) is 4.21. The number of aromatic nitrogens is 2. The highest BCUT2D eigenvalue weighted by molar-refractivity contribution is 7.11. The van der Waals surface area contributed by atoms with Crippen molar-refractivity contribution in [2.45, 2.75) is 31.7 Å². The summed E-state index contributed by atoms with van der Waals surface area (Å²) in [6.07, 6.45) is -1.23. The van der Waals surface area contributed by atoms with Gasteiger partial charge in [-0.15, -0.1) is 10.2 Å². The maximum atomic E-state index is 11.5. The average Bonchev–Trinajstić information content (AvgIpc) is 2.89. The second kappa shape index (κ2) is 7.83. The third-order valence-corrected chi connectivity index (χ3v) is 3.49. The Balaban J connectivity index is 2.49. The largest absolute Gasteiger partial charge is 0.480 e. The highest BCUT2D eigenvalue weighted by Gasteiger charge is 2.24. The summed E-state index contributed by atoms with van der Waals surface area (Å²) in [5.74, 6) is -1.34. The molecule has 0 fully saturated rings. The fourth-order valence-electron chi connectivity index (χ4n) is 1.30. The maximum Gasteiger partial charge on any atom is 0.328 e. The number of amides is 2. The molecule has 1 rings (SSSR count). The van der Waals surface area contributed by atoms with Crippen LogP contribution in [0.3, 0.4) is 0 Å². The Bertz CT molecular complexity index is 494. The lowest BCUT2D eigenvalue weighted by Gasteiger charge is -2.17. The van der Waals surface area contributed by atoms with E-state index in [1.807, 2.05) is 0 Å². The molecule has 7 N–H and O–H groups in total. The number of nitrogens with zero attached hydrogens (tertiary/aromatic N) is 2. The molecular formula is C10H17N5O5S. The van der Waals surface area contributed by atoms with E-state index < -0.39 is 30.2 Å². The summed E-state index contributed by atoms with van der Waals surface area (Å²) in [6, 6.07) is -2.79. The molecule has 2 amide bonds. The third-order valence-electron chi connectivity index (χ3n) is 2.43. The van der Waals surface area contributed by atoms with Gasteiger partial charge in [0.25, 0.3) is 0 Å². The standard InChI is InChI=1S/C10H17N5O5S/c1-4(17)7(9(18)19)13-10(20)12-2-6-14-15-8(21-6)5(11)3-16/h4-5,7,16-17H,2-3,11H2,1H3,(H,18,19)(H2,12,13,20)/t4?,5-,7?/m0/s1. The molecule has 0 aliphatic heterocycles. The summed E-state index contributed by atoms with van der Waals surface area (Å²) in [5, 5.41) is 39.8. The van der Waals surface area contributed by atoms with Crippen molar-refractivity contribution in [2.75, 3.05) is 6.61 Å². The van der Waals surface area contributed by atoms with Gasteiger partial charge in [-0.3, -0.25) is 0 Å². The quantitative estimate of drug-likeness (QED) is 0.340. The molecule has 118 valence electrons. The molecule has 0 radical (unpaired) electrons. The summed E-state index contributed by atoms with van der Waals surface area (Å²) in [5.41, 5.74) is 5.56. The number of carboxylic acid groups (broad SMARTS) is 1. The minimum absolute atomic E-state index is 0.0216. The van der Waals surface area contributed by atoms with Crippen LogP contribution in [0.15, 0.2) is 0 Å². The number of aliphatic hydroxyl groups excluding tert-OH is 2. The number of carbonyl (C=O) groups excluding carboxylic acids is 1. The van der Waals surface area contributed by atoms with Crippen molar-refractivity contribution in [2.24, 2.45) is 5.73 Å². The first-order valence-electron chi connectivity index (χ1n) is 5.99. The molecule has 2 unspecified atom stereocenters. The van der Waals surface area contributed by atoms with Crippen LogP contribution in [-0.2, 0) is 11.3 Å². The van der Waals surface area contributed by atoms with Gasteiger partial charge in [-0.2, -0.15) is 0 Å². The minimum Gasteiger partial charge on any atom is -0.480 e. The average molecular weight is 319 g/mol. The predicted molar refractivity (Wildman–Crippen MR) is 72.4 cm³/mol. The van der Waals surface area contributed by atoms with Gasteiger partial charge in [0, 0.05) is 0 Å². The number of hydrogen-bond donors (Lipinski definition) is 6. The Labute approximate surface area is 124 Å². The van der Waals surface area contributed by atoms with Crippen molar-refractivity contribution in [3.05, 3.63) is 10.0 Å². The Morgan fingerprint density at radius 2 is 2.10 bits per heavy atom. The van der Waals surface area contributed by atoms with Crippen LogP contribution in [0.1, 0.15) is 23.0 Å². The highest BCUT2D eigenvalue weighted by Crippen LogP contribution is 2.15. The molecule has 0 bridgehead atoms. The van der Waals surface area contributed by atoms with Crippen LogP contribution in [-0.4, -0.2) is 56.3 Å². The normalized spacial score (nSPS) is 15.0. The van der Waals surface area contributed by atoms with E-state index in [2.05, 4.69) is 20.8 Å². The van der Waals surface area contributed by atoms with Crippen molar-refractivity contribution in [3.8, 4) is 0 Å². The molecule has 21 heavy (non-hydrogen) atoms. The van der Waals surface area contributed by atoms with Crippen LogP contribution in [0.5, 0.6) is 0 Å². The zero-order valence-electron chi connectivity index (χ0n) is 11.2. The van der Waals surface area contributed by atoms with E-state index >= 15 is 0 Å². The number of nitrogens with two attached hydrogens (primary N) is 1.